The fourth-order valence-corrected chi connectivity index (χ4v) is 2.48. The number of nitrogens with one attached hydrogen (secondary N) is 2. The first-order chi connectivity index (χ1) is 11.4. The molecule has 1 atom stereocenters. The van der Waals surface area contributed by atoms with Crippen molar-refractivity contribution in [2.24, 2.45) is 0 Å². The number of ether oxygens (including phenoxy) is 1. The smallest absolute Gasteiger partial charge is 0.260 e. The van der Waals surface area contributed by atoms with Crippen LogP contribution in [0.15, 0.2) is 41.2 Å². The number of carbonyl (C=O) groups is 1. The van der Waals surface area contributed by atoms with E-state index in [1.807, 2.05) is 43.3 Å². The number of aryl methyl sites for hydroxylation is 1. The zero-order valence-electron chi connectivity index (χ0n) is 14.4. The van der Waals surface area contributed by atoms with Crippen molar-refractivity contribution < 1.29 is 9.53 Å². The van der Waals surface area contributed by atoms with Gasteiger partial charge in [-0.3, -0.25) is 9.59 Å². The van der Waals surface area contributed by atoms with Crippen molar-refractivity contribution in [1.29, 1.82) is 0 Å². The molecule has 24 heavy (non-hydrogen) atoms. The van der Waals surface area contributed by atoms with E-state index in [1.54, 1.807) is 26.2 Å². The third-order valence-electron chi connectivity index (χ3n) is 3.86. The van der Waals surface area contributed by atoms with Crippen LogP contribution >= 0.6 is 0 Å². The molecule has 0 aliphatic rings. The van der Waals surface area contributed by atoms with Gasteiger partial charge in [0.2, 0.25) is 0 Å². The number of aromatic amines is 1. The third kappa shape index (κ3) is 4.23. The molecule has 6 nitrogen and oxygen atoms in total. The summed E-state index contributed by atoms with van der Waals surface area (Å²) in [5.41, 5.74) is 1.48. The van der Waals surface area contributed by atoms with Crippen LogP contribution in [0.1, 0.15) is 27.7 Å². The Hall–Kier alpha value is -2.60. The van der Waals surface area contributed by atoms with Crippen molar-refractivity contribution in [3.05, 3.63) is 63.6 Å². The van der Waals surface area contributed by atoms with E-state index in [4.69, 9.17) is 4.74 Å². The van der Waals surface area contributed by atoms with Gasteiger partial charge in [0.05, 0.1) is 13.2 Å². The number of pyridine rings is 1. The molecule has 6 heteroatoms. The molecular formula is C18H23N3O3. The molecule has 0 spiro atoms. The van der Waals surface area contributed by atoms with E-state index in [9.17, 15) is 9.59 Å². The van der Waals surface area contributed by atoms with Gasteiger partial charge in [-0.15, -0.1) is 0 Å². The van der Waals surface area contributed by atoms with E-state index in [1.165, 1.54) is 0 Å². The van der Waals surface area contributed by atoms with Crippen molar-refractivity contribution >= 4 is 5.91 Å². The minimum atomic E-state index is -0.383. The van der Waals surface area contributed by atoms with Crippen molar-refractivity contribution in [2.45, 2.75) is 13.0 Å². The fraction of sp³-hybridized carbons (Fsp3) is 0.333. The van der Waals surface area contributed by atoms with Gasteiger partial charge in [-0.1, -0.05) is 12.1 Å². The number of nitrogens with zero attached hydrogens (tertiary/aromatic N) is 1. The topological polar surface area (TPSA) is 74.4 Å². The Morgan fingerprint density at radius 1 is 1.29 bits per heavy atom. The Morgan fingerprint density at radius 2 is 2.04 bits per heavy atom. The summed E-state index contributed by atoms with van der Waals surface area (Å²) in [6, 6.07) is 10.9. The summed E-state index contributed by atoms with van der Waals surface area (Å²) in [5.74, 6) is 0.381. The molecule has 0 saturated carbocycles. The Kier molecular flexibility index (Phi) is 5.76. The molecule has 1 amide bonds. The van der Waals surface area contributed by atoms with Crippen LogP contribution in [-0.4, -0.2) is 43.5 Å². The van der Waals surface area contributed by atoms with Crippen LogP contribution in [0.4, 0.5) is 0 Å². The number of H-pyrrole nitrogens is 1. The number of rotatable bonds is 6. The average Bonchev–Trinajstić information content (AvgIpc) is 2.54. The van der Waals surface area contributed by atoms with E-state index in [-0.39, 0.29) is 23.1 Å². The van der Waals surface area contributed by atoms with Gasteiger partial charge < -0.3 is 19.9 Å². The molecule has 0 radical (unpaired) electrons. The molecule has 0 unspecified atom stereocenters. The Bertz CT molecular complexity index is 768. The summed E-state index contributed by atoms with van der Waals surface area (Å²) in [7, 11) is 5.50. The molecule has 2 N–H and O–H groups in total. The Morgan fingerprint density at radius 3 is 2.67 bits per heavy atom. The number of hydrogen-bond acceptors (Lipinski definition) is 4. The normalized spacial score (nSPS) is 12.0. The largest absolute Gasteiger partial charge is 0.497 e. The van der Waals surface area contributed by atoms with Crippen molar-refractivity contribution in [3.8, 4) is 5.75 Å². The van der Waals surface area contributed by atoms with Crippen molar-refractivity contribution in [1.82, 2.24) is 15.2 Å². The van der Waals surface area contributed by atoms with Crippen LogP contribution in [-0.2, 0) is 0 Å². The first-order valence-corrected chi connectivity index (χ1v) is 7.71. The Labute approximate surface area is 141 Å². The van der Waals surface area contributed by atoms with E-state index < -0.39 is 0 Å². The van der Waals surface area contributed by atoms with Crippen LogP contribution in [0.3, 0.4) is 0 Å². The van der Waals surface area contributed by atoms with E-state index in [0.29, 0.717) is 6.54 Å². The number of benzene rings is 1. The number of likely N-dealkylation sites (N-methyl/N-ethyl adjacent to an activating group) is 1. The molecule has 0 bridgehead atoms. The predicted molar refractivity (Wildman–Crippen MR) is 93.6 cm³/mol. The second-order valence-corrected chi connectivity index (χ2v) is 5.85. The van der Waals surface area contributed by atoms with Gasteiger partial charge in [-0.2, -0.15) is 0 Å². The maximum Gasteiger partial charge on any atom is 0.260 e. The summed E-state index contributed by atoms with van der Waals surface area (Å²) >= 11 is 0. The maximum atomic E-state index is 12.3. The first kappa shape index (κ1) is 17.7. The van der Waals surface area contributed by atoms with Gasteiger partial charge in [0, 0.05) is 12.2 Å². The lowest BCUT2D eigenvalue weighted by Gasteiger charge is -2.25. The molecule has 0 aliphatic heterocycles. The van der Waals surface area contributed by atoms with E-state index in [0.717, 1.165) is 17.0 Å². The highest BCUT2D eigenvalue weighted by molar-refractivity contribution is 5.93. The van der Waals surface area contributed by atoms with Crippen LogP contribution < -0.4 is 15.6 Å². The SMILES string of the molecule is COc1cccc([C@H](CNC(=O)c2ccc(C)[nH]c2=O)N(C)C)c1. The van der Waals surface area contributed by atoms with Gasteiger partial charge in [0.25, 0.3) is 11.5 Å². The predicted octanol–water partition coefficient (Wildman–Crippen LogP) is 1.72. The first-order valence-electron chi connectivity index (χ1n) is 7.71. The number of aromatic nitrogens is 1. The lowest BCUT2D eigenvalue weighted by atomic mass is 10.1. The van der Waals surface area contributed by atoms with Crippen molar-refractivity contribution in [2.75, 3.05) is 27.7 Å². The minimum Gasteiger partial charge on any atom is -0.497 e. The van der Waals surface area contributed by atoms with E-state index in [2.05, 4.69) is 10.3 Å². The highest BCUT2D eigenvalue weighted by atomic mass is 16.5. The molecule has 128 valence electrons. The molecule has 1 aromatic heterocycles. The molecule has 0 fully saturated rings. The van der Waals surface area contributed by atoms with Gasteiger partial charge in [-0.25, -0.2) is 0 Å². The number of methoxy groups -OCH3 is 1. The zero-order valence-corrected chi connectivity index (χ0v) is 14.4. The molecule has 0 saturated heterocycles. The van der Waals surface area contributed by atoms with Gasteiger partial charge in [0.1, 0.15) is 11.3 Å². The van der Waals surface area contributed by atoms with Crippen LogP contribution in [0.25, 0.3) is 0 Å². The molecular weight excluding hydrogens is 306 g/mol. The third-order valence-corrected chi connectivity index (χ3v) is 3.86. The molecule has 2 aromatic rings. The van der Waals surface area contributed by atoms with Gasteiger partial charge in [-0.05, 0) is 50.8 Å². The average molecular weight is 329 g/mol. The quantitative estimate of drug-likeness (QED) is 0.846. The van der Waals surface area contributed by atoms with Crippen LogP contribution in [0, 0.1) is 6.92 Å². The zero-order chi connectivity index (χ0) is 17.7. The van der Waals surface area contributed by atoms with Crippen LogP contribution in [0.5, 0.6) is 5.75 Å². The summed E-state index contributed by atoms with van der Waals surface area (Å²) in [5, 5.41) is 2.84. The molecule has 2 rings (SSSR count). The van der Waals surface area contributed by atoms with Gasteiger partial charge >= 0.3 is 0 Å². The summed E-state index contributed by atoms with van der Waals surface area (Å²) < 4.78 is 5.26. The fourth-order valence-electron chi connectivity index (χ4n) is 2.48. The molecule has 1 aromatic carbocycles. The number of carbonyl (C=O) groups excluding carboxylic acids is 1. The summed E-state index contributed by atoms with van der Waals surface area (Å²) in [6.07, 6.45) is 0. The number of hydrogen-bond donors (Lipinski definition) is 2. The standard InChI is InChI=1S/C18H23N3O3/c1-12-8-9-15(18(23)20-12)17(22)19-11-16(21(2)3)13-6-5-7-14(10-13)24-4/h5-10,16H,11H2,1-4H3,(H,19,22)(H,20,23)/t16-/m0/s1. The highest BCUT2D eigenvalue weighted by Crippen LogP contribution is 2.22. The minimum absolute atomic E-state index is 0.0337. The molecule has 1 heterocycles. The van der Waals surface area contributed by atoms with Crippen molar-refractivity contribution in [3.63, 3.8) is 0 Å². The van der Waals surface area contributed by atoms with Crippen LogP contribution in [0.2, 0.25) is 0 Å². The lowest BCUT2D eigenvalue weighted by Crippen LogP contribution is -2.36. The van der Waals surface area contributed by atoms with Gasteiger partial charge in [0.15, 0.2) is 0 Å². The maximum absolute atomic E-state index is 12.3. The Balaban J connectivity index is 2.14. The highest BCUT2D eigenvalue weighted by Gasteiger charge is 2.17. The lowest BCUT2D eigenvalue weighted by molar-refractivity contribution is 0.0940. The summed E-state index contributed by atoms with van der Waals surface area (Å²) in [6.45, 7) is 2.15. The second-order valence-electron chi connectivity index (χ2n) is 5.85. The monoisotopic (exact) mass is 329 g/mol. The second kappa shape index (κ2) is 7.79. The molecule has 0 aliphatic carbocycles. The number of amides is 1. The summed E-state index contributed by atoms with van der Waals surface area (Å²) in [4.78, 5) is 28.8. The van der Waals surface area contributed by atoms with E-state index >= 15 is 0 Å².